The molecular formula is C28H33ClN2O5. The Kier molecular flexibility index (Phi) is 9.31. The predicted molar refractivity (Wildman–Crippen MR) is 139 cm³/mol. The number of rotatable bonds is 9. The van der Waals surface area contributed by atoms with E-state index in [1.54, 1.807) is 17.7 Å². The molecule has 0 aliphatic heterocycles. The summed E-state index contributed by atoms with van der Waals surface area (Å²) in [5, 5.41) is 9.74. The normalized spacial score (nSPS) is 13.2. The summed E-state index contributed by atoms with van der Waals surface area (Å²) in [5.74, 6) is -0.684. The van der Waals surface area contributed by atoms with Crippen LogP contribution in [0.15, 0.2) is 66.9 Å². The third-order valence-electron chi connectivity index (χ3n) is 5.68. The molecule has 36 heavy (non-hydrogen) atoms. The first kappa shape index (κ1) is 27.5. The predicted octanol–water partition coefficient (Wildman–Crippen LogP) is 6.22. The van der Waals surface area contributed by atoms with Gasteiger partial charge >= 0.3 is 6.09 Å². The zero-order chi connectivity index (χ0) is 26.3. The minimum absolute atomic E-state index is 0.00580. The van der Waals surface area contributed by atoms with Gasteiger partial charge in [0.1, 0.15) is 5.60 Å². The molecule has 1 amide bonds. The first-order valence-electron chi connectivity index (χ1n) is 11.9. The molecule has 0 saturated heterocycles. The van der Waals surface area contributed by atoms with E-state index < -0.39 is 23.7 Å². The van der Waals surface area contributed by atoms with Crippen LogP contribution in [0.4, 0.5) is 4.79 Å². The average Bonchev–Trinajstić information content (AvgIpc) is 3.33. The second-order valence-corrected chi connectivity index (χ2v) is 9.97. The van der Waals surface area contributed by atoms with E-state index >= 15 is 0 Å². The fourth-order valence-corrected chi connectivity index (χ4v) is 4.21. The second-order valence-electron chi connectivity index (χ2n) is 9.54. The summed E-state index contributed by atoms with van der Waals surface area (Å²) in [6.45, 7) is 7.78. The number of carbonyl (C=O) groups excluding carboxylic acids is 2. The van der Waals surface area contributed by atoms with Crippen LogP contribution in [0.5, 0.6) is 0 Å². The van der Waals surface area contributed by atoms with Crippen LogP contribution in [0.25, 0.3) is 11.3 Å². The van der Waals surface area contributed by atoms with Crippen molar-refractivity contribution in [2.45, 2.75) is 58.2 Å². The fraction of sp³-hybridized carbons (Fsp3) is 0.357. The Morgan fingerprint density at radius 1 is 1.06 bits per heavy atom. The van der Waals surface area contributed by atoms with Crippen LogP contribution in [-0.4, -0.2) is 40.1 Å². The maximum Gasteiger partial charge on any atom is 0.418 e. The molecule has 0 radical (unpaired) electrons. The molecule has 1 heterocycles. The van der Waals surface area contributed by atoms with Crippen molar-refractivity contribution in [3.63, 3.8) is 0 Å². The molecule has 0 aliphatic rings. The van der Waals surface area contributed by atoms with E-state index in [0.29, 0.717) is 23.7 Å². The molecule has 0 fully saturated rings. The van der Waals surface area contributed by atoms with Crippen LogP contribution in [0, 0.1) is 0 Å². The highest BCUT2D eigenvalue weighted by atomic mass is 35.5. The quantitative estimate of drug-likeness (QED) is 0.262. The summed E-state index contributed by atoms with van der Waals surface area (Å²) >= 11 is 6.06. The number of hydrogen-bond acceptors (Lipinski definition) is 5. The first-order valence-corrected chi connectivity index (χ1v) is 12.3. The number of carbonyl (C=O) groups is 2. The Bertz CT molecular complexity index is 1150. The number of ether oxygens (including phenoxy) is 2. The van der Waals surface area contributed by atoms with Gasteiger partial charge in [0.05, 0.1) is 18.2 Å². The molecule has 0 bridgehead atoms. The molecular weight excluding hydrogens is 480 g/mol. The highest BCUT2D eigenvalue weighted by molar-refractivity contribution is 6.30. The van der Waals surface area contributed by atoms with Crippen molar-refractivity contribution in [2.75, 3.05) is 6.61 Å². The van der Waals surface area contributed by atoms with E-state index in [-0.39, 0.29) is 12.3 Å². The van der Waals surface area contributed by atoms with Gasteiger partial charge in [0.2, 0.25) is 5.91 Å². The van der Waals surface area contributed by atoms with Crippen molar-refractivity contribution in [3.05, 3.63) is 83.0 Å². The minimum atomic E-state index is -0.605. The Morgan fingerprint density at radius 3 is 2.31 bits per heavy atom. The number of nitrogens with one attached hydrogen (secondary N) is 1. The summed E-state index contributed by atoms with van der Waals surface area (Å²) in [4.78, 5) is 24.7. The number of amides is 1. The number of halogens is 1. The topological polar surface area (TPSA) is 89.8 Å². The monoisotopic (exact) mass is 512 g/mol. The Balaban J connectivity index is 1.93. The summed E-state index contributed by atoms with van der Waals surface area (Å²) < 4.78 is 13.0. The lowest BCUT2D eigenvalue weighted by atomic mass is 9.85. The summed E-state index contributed by atoms with van der Waals surface area (Å²) in [7, 11) is 0. The molecule has 192 valence electrons. The van der Waals surface area contributed by atoms with Gasteiger partial charge in [0, 0.05) is 23.7 Å². The molecule has 8 heteroatoms. The van der Waals surface area contributed by atoms with Crippen molar-refractivity contribution >= 4 is 23.6 Å². The van der Waals surface area contributed by atoms with Gasteiger partial charge in [-0.05, 0) is 75.1 Å². The van der Waals surface area contributed by atoms with E-state index in [2.05, 4.69) is 0 Å². The smallest absolute Gasteiger partial charge is 0.418 e. The standard InChI is InChI=1S/C28H33ClN2O5/c1-5-35-25(18-26(32)30-34)23(17-19-8-14-22(29)15-9-19)20-10-12-21(13-11-20)24-7-6-16-31(24)27(33)36-28(2,3)4/h6-16,23,25,34H,5,17-18H2,1-4H3,(H,30,32)/t23-,25?/m1/s1. The largest absolute Gasteiger partial charge is 0.443 e. The first-order chi connectivity index (χ1) is 17.1. The highest BCUT2D eigenvalue weighted by Crippen LogP contribution is 2.31. The third-order valence-corrected chi connectivity index (χ3v) is 5.94. The highest BCUT2D eigenvalue weighted by Gasteiger charge is 2.27. The van der Waals surface area contributed by atoms with Gasteiger partial charge in [0.15, 0.2) is 0 Å². The number of aromatic nitrogens is 1. The van der Waals surface area contributed by atoms with Crippen molar-refractivity contribution in [1.29, 1.82) is 0 Å². The van der Waals surface area contributed by atoms with E-state index in [1.165, 1.54) is 4.57 Å². The van der Waals surface area contributed by atoms with Gasteiger partial charge in [0.25, 0.3) is 0 Å². The van der Waals surface area contributed by atoms with E-state index in [0.717, 1.165) is 16.7 Å². The minimum Gasteiger partial charge on any atom is -0.443 e. The van der Waals surface area contributed by atoms with Gasteiger partial charge in [-0.1, -0.05) is 48.0 Å². The maximum absolute atomic E-state index is 12.7. The van der Waals surface area contributed by atoms with Gasteiger partial charge < -0.3 is 9.47 Å². The lowest BCUT2D eigenvalue weighted by Gasteiger charge is -2.27. The second kappa shape index (κ2) is 12.2. The molecule has 2 N–H and O–H groups in total. The zero-order valence-electron chi connectivity index (χ0n) is 21.0. The SMILES string of the molecule is CCOC(CC(=O)NO)[C@H](Cc1ccc(Cl)cc1)c1ccc(-c2cccn2C(=O)OC(C)(C)C)cc1. The zero-order valence-corrected chi connectivity index (χ0v) is 21.8. The van der Waals surface area contributed by atoms with Gasteiger partial charge in [-0.2, -0.15) is 0 Å². The number of hydrogen-bond donors (Lipinski definition) is 2. The van der Waals surface area contributed by atoms with Crippen molar-refractivity contribution < 1.29 is 24.3 Å². The molecule has 0 aliphatic carbocycles. The number of hydroxylamine groups is 1. The van der Waals surface area contributed by atoms with Crippen LogP contribution in [0.1, 0.15) is 51.2 Å². The average molecular weight is 513 g/mol. The van der Waals surface area contributed by atoms with Gasteiger partial charge in [-0.25, -0.2) is 10.3 Å². The number of benzene rings is 2. The molecule has 3 rings (SSSR count). The molecule has 3 aromatic rings. The van der Waals surface area contributed by atoms with Crippen LogP contribution < -0.4 is 5.48 Å². The van der Waals surface area contributed by atoms with Crippen LogP contribution in [-0.2, 0) is 20.7 Å². The molecule has 7 nitrogen and oxygen atoms in total. The van der Waals surface area contributed by atoms with Crippen molar-refractivity contribution in [2.24, 2.45) is 0 Å². The Hall–Kier alpha value is -3.13. The maximum atomic E-state index is 12.7. The Labute approximate surface area is 216 Å². The summed E-state index contributed by atoms with van der Waals surface area (Å²) in [6.07, 6.45) is 1.38. The van der Waals surface area contributed by atoms with E-state index in [4.69, 9.17) is 26.3 Å². The number of nitrogens with zero attached hydrogens (tertiary/aromatic N) is 1. The van der Waals surface area contributed by atoms with Crippen molar-refractivity contribution in [3.8, 4) is 11.3 Å². The molecule has 1 aromatic heterocycles. The summed E-state index contributed by atoms with van der Waals surface area (Å²) in [5.41, 5.74) is 4.68. The van der Waals surface area contributed by atoms with Gasteiger partial charge in [-0.15, -0.1) is 0 Å². The molecule has 0 spiro atoms. The lowest BCUT2D eigenvalue weighted by Crippen LogP contribution is -2.31. The molecule has 1 unspecified atom stereocenters. The van der Waals surface area contributed by atoms with Crippen LogP contribution >= 0.6 is 11.6 Å². The van der Waals surface area contributed by atoms with E-state index in [1.807, 2.05) is 82.3 Å². The van der Waals surface area contributed by atoms with Gasteiger partial charge in [-0.3, -0.25) is 14.6 Å². The third kappa shape index (κ3) is 7.43. The van der Waals surface area contributed by atoms with Crippen LogP contribution in [0.2, 0.25) is 5.02 Å². The Morgan fingerprint density at radius 2 is 1.72 bits per heavy atom. The van der Waals surface area contributed by atoms with E-state index in [9.17, 15) is 9.59 Å². The van der Waals surface area contributed by atoms with Crippen molar-refractivity contribution in [1.82, 2.24) is 10.0 Å². The fourth-order valence-electron chi connectivity index (χ4n) is 4.09. The van der Waals surface area contributed by atoms with Crippen LogP contribution in [0.3, 0.4) is 0 Å². The summed E-state index contributed by atoms with van der Waals surface area (Å²) in [6, 6.07) is 19.1. The molecule has 2 atom stereocenters. The molecule has 0 saturated carbocycles. The lowest BCUT2D eigenvalue weighted by molar-refractivity contribution is -0.132. The molecule has 2 aromatic carbocycles.